The summed E-state index contributed by atoms with van der Waals surface area (Å²) in [6.45, 7) is 2.78. The third kappa shape index (κ3) is 8.28. The molecule has 0 saturated heterocycles. The van der Waals surface area contributed by atoms with E-state index in [4.69, 9.17) is 16.3 Å². The minimum absolute atomic E-state index is 0.376. The van der Waals surface area contributed by atoms with Crippen molar-refractivity contribution in [1.29, 1.82) is 0 Å². The van der Waals surface area contributed by atoms with Crippen LogP contribution in [0.4, 0.5) is 11.4 Å². The van der Waals surface area contributed by atoms with Crippen LogP contribution in [0.15, 0.2) is 48.5 Å². The Hall–Kier alpha value is -2.53. The van der Waals surface area contributed by atoms with Crippen LogP contribution in [0.1, 0.15) is 5.56 Å². The molecule has 2 aromatic carbocycles. The first kappa shape index (κ1) is 18.5. The van der Waals surface area contributed by atoms with Crippen molar-refractivity contribution >= 4 is 18.2 Å². The van der Waals surface area contributed by atoms with Gasteiger partial charge >= 0.3 is 0 Å². The molecule has 0 spiro atoms. The maximum absolute atomic E-state index is 9.33. The molecule has 0 saturated carbocycles. The van der Waals surface area contributed by atoms with Crippen molar-refractivity contribution in [3.8, 4) is 5.75 Å². The molecule has 0 amide bonds. The molecule has 5 heteroatoms. The van der Waals surface area contributed by atoms with Gasteiger partial charge in [0, 0.05) is 23.5 Å². The molecule has 0 aliphatic heterocycles. The molecule has 0 unspecified atom stereocenters. The topological polar surface area (TPSA) is 92.6 Å². The van der Waals surface area contributed by atoms with Crippen molar-refractivity contribution in [3.63, 3.8) is 0 Å². The molecule has 0 aromatic heterocycles. The van der Waals surface area contributed by atoms with Crippen LogP contribution in [0.3, 0.4) is 0 Å². The first-order chi connectivity index (χ1) is 9.99. The van der Waals surface area contributed by atoms with Crippen LogP contribution in [0, 0.1) is 0 Å². The number of benzene rings is 2. The molecule has 114 valence electrons. The minimum Gasteiger partial charge on any atom is -0.508 e. The molecule has 0 heterocycles. The molecule has 0 radical (unpaired) electrons. The number of para-hydroxylation sites is 1. The predicted octanol–water partition coefficient (Wildman–Crippen LogP) is 2.12. The Labute approximate surface area is 125 Å². The first-order valence-corrected chi connectivity index (χ1v) is 6.30. The lowest BCUT2D eigenvalue weighted by molar-refractivity contribution is -0.0979. The second kappa shape index (κ2) is 10.3. The Morgan fingerprint density at radius 3 is 1.90 bits per heavy atom. The lowest BCUT2D eigenvalue weighted by Gasteiger charge is -2.10. The highest BCUT2D eigenvalue weighted by Gasteiger charge is 1.98. The van der Waals surface area contributed by atoms with Crippen LogP contribution in [0.25, 0.3) is 0 Å². The van der Waals surface area contributed by atoms with Crippen molar-refractivity contribution in [2.24, 2.45) is 0 Å². The summed E-state index contributed by atoms with van der Waals surface area (Å²) >= 11 is 0. The summed E-state index contributed by atoms with van der Waals surface area (Å²) in [6, 6.07) is 14.5. The average Bonchev–Trinajstić information content (AvgIpc) is 2.44. The van der Waals surface area contributed by atoms with Gasteiger partial charge in [-0.1, -0.05) is 24.3 Å². The number of nitrogens with two attached hydrogens (primary N) is 2. The van der Waals surface area contributed by atoms with Gasteiger partial charge in [-0.25, -0.2) is 0 Å². The third-order valence-electron chi connectivity index (χ3n) is 2.39. The fourth-order valence-electron chi connectivity index (χ4n) is 1.54. The summed E-state index contributed by atoms with van der Waals surface area (Å²) in [5, 5.41) is 9.33. The van der Waals surface area contributed by atoms with Gasteiger partial charge in [-0.15, -0.1) is 0 Å². The Kier molecular flexibility index (Phi) is 9.04. The van der Waals surface area contributed by atoms with Crippen molar-refractivity contribution < 1.29 is 9.90 Å². The number of hydrogen-bond donors (Lipinski definition) is 3. The van der Waals surface area contributed by atoms with E-state index in [-0.39, 0.29) is 0 Å². The maximum Gasteiger partial charge on any atom is 0.120 e. The summed E-state index contributed by atoms with van der Waals surface area (Å²) < 4.78 is 0. The Morgan fingerprint density at radius 1 is 1.00 bits per heavy atom. The van der Waals surface area contributed by atoms with E-state index in [1.54, 1.807) is 24.3 Å². The summed E-state index contributed by atoms with van der Waals surface area (Å²) in [5.41, 5.74) is 13.2. The van der Waals surface area contributed by atoms with Crippen LogP contribution in [0.5, 0.6) is 5.75 Å². The lowest BCUT2D eigenvalue weighted by atomic mass is 10.2. The molecular formula is C16H23N3O2. The largest absolute Gasteiger partial charge is 0.508 e. The number of carbonyl (C=O) groups is 1. The highest BCUT2D eigenvalue weighted by Crippen LogP contribution is 2.16. The Balaban J connectivity index is 0.000000354. The maximum atomic E-state index is 9.33. The van der Waals surface area contributed by atoms with Gasteiger partial charge in [-0.2, -0.15) is 0 Å². The van der Waals surface area contributed by atoms with Crippen molar-refractivity contribution in [2.75, 3.05) is 25.6 Å². The van der Waals surface area contributed by atoms with E-state index in [1.165, 1.54) is 0 Å². The van der Waals surface area contributed by atoms with E-state index in [0.717, 1.165) is 12.1 Å². The van der Waals surface area contributed by atoms with Gasteiger partial charge in [0.05, 0.1) is 0 Å². The van der Waals surface area contributed by atoms with E-state index in [2.05, 4.69) is 0 Å². The average molecular weight is 289 g/mol. The highest BCUT2D eigenvalue weighted by atomic mass is 16.3. The van der Waals surface area contributed by atoms with Gasteiger partial charge in [0.1, 0.15) is 12.5 Å². The van der Waals surface area contributed by atoms with Crippen molar-refractivity contribution in [1.82, 2.24) is 4.90 Å². The van der Waals surface area contributed by atoms with Crippen LogP contribution in [-0.2, 0) is 11.3 Å². The predicted molar refractivity (Wildman–Crippen MR) is 87.9 cm³/mol. The van der Waals surface area contributed by atoms with Crippen molar-refractivity contribution in [3.05, 3.63) is 54.1 Å². The van der Waals surface area contributed by atoms with Gasteiger partial charge in [-0.05, 0) is 38.4 Å². The zero-order chi connectivity index (χ0) is 16.3. The van der Waals surface area contributed by atoms with Gasteiger partial charge in [-0.3, -0.25) is 0 Å². The van der Waals surface area contributed by atoms with Gasteiger partial charge in [0.2, 0.25) is 0 Å². The normalized spacial score (nSPS) is 9.10. The highest BCUT2D eigenvalue weighted by molar-refractivity contribution is 5.50. The molecule has 0 aliphatic carbocycles. The van der Waals surface area contributed by atoms with E-state index >= 15 is 0 Å². The summed E-state index contributed by atoms with van der Waals surface area (Å²) in [6.07, 6.45) is 0. The number of nitrogens with zero attached hydrogens (tertiary/aromatic N) is 1. The van der Waals surface area contributed by atoms with Crippen LogP contribution >= 0.6 is 0 Å². The molecule has 0 fully saturated rings. The first-order valence-electron chi connectivity index (χ1n) is 6.30. The van der Waals surface area contributed by atoms with E-state index in [9.17, 15) is 5.11 Å². The molecule has 21 heavy (non-hydrogen) atoms. The molecule has 0 bridgehead atoms. The number of hydrogen-bond acceptors (Lipinski definition) is 5. The number of carbonyl (C=O) groups excluding carboxylic acids is 1. The molecule has 0 atom stereocenters. The SMILES string of the molecule is C=O.CN(C)Cc1ccccc1O.Nc1cccc(N)c1. The summed E-state index contributed by atoms with van der Waals surface area (Å²) in [7, 11) is 3.96. The molecule has 5 N–H and O–H groups in total. The quantitative estimate of drug-likeness (QED) is 0.736. The van der Waals surface area contributed by atoms with E-state index in [1.807, 2.05) is 50.0 Å². The number of nitrogen functional groups attached to an aromatic ring is 2. The number of phenols is 1. The molecular weight excluding hydrogens is 266 g/mol. The number of rotatable bonds is 2. The second-order valence-electron chi connectivity index (χ2n) is 4.54. The standard InChI is InChI=1S/C9H13NO.C6H8N2.CH2O/c1-10(2)7-8-5-3-4-6-9(8)11;7-5-2-1-3-6(8)4-5;1-2/h3-6,11H,7H2,1-2H3;1-4H,7-8H2;1H2. The van der Waals surface area contributed by atoms with Gasteiger partial charge in [0.15, 0.2) is 0 Å². The summed E-state index contributed by atoms with van der Waals surface area (Å²) in [4.78, 5) is 10.0. The Bertz CT molecular complexity index is 513. The smallest absolute Gasteiger partial charge is 0.120 e. The van der Waals surface area contributed by atoms with Crippen LogP contribution < -0.4 is 11.5 Å². The van der Waals surface area contributed by atoms with E-state index in [0.29, 0.717) is 17.1 Å². The summed E-state index contributed by atoms with van der Waals surface area (Å²) in [5.74, 6) is 0.376. The fourth-order valence-corrected chi connectivity index (χ4v) is 1.54. The number of aromatic hydroxyl groups is 1. The molecule has 0 aliphatic rings. The zero-order valence-electron chi connectivity index (χ0n) is 12.5. The fraction of sp³-hybridized carbons (Fsp3) is 0.188. The zero-order valence-corrected chi connectivity index (χ0v) is 12.5. The lowest BCUT2D eigenvalue weighted by Crippen LogP contribution is -2.10. The number of anilines is 2. The van der Waals surface area contributed by atoms with Crippen molar-refractivity contribution in [2.45, 2.75) is 6.54 Å². The minimum atomic E-state index is 0.376. The van der Waals surface area contributed by atoms with Crippen LogP contribution in [-0.4, -0.2) is 30.9 Å². The molecule has 2 aromatic rings. The van der Waals surface area contributed by atoms with E-state index < -0.39 is 0 Å². The van der Waals surface area contributed by atoms with Crippen LogP contribution in [0.2, 0.25) is 0 Å². The van der Waals surface area contributed by atoms with Gasteiger partial charge < -0.3 is 26.3 Å². The molecule has 2 rings (SSSR count). The monoisotopic (exact) mass is 289 g/mol. The Morgan fingerprint density at radius 2 is 1.52 bits per heavy atom. The molecule has 5 nitrogen and oxygen atoms in total. The third-order valence-corrected chi connectivity index (χ3v) is 2.39. The second-order valence-corrected chi connectivity index (χ2v) is 4.54. The number of phenolic OH excluding ortho intramolecular Hbond substituents is 1. The van der Waals surface area contributed by atoms with Gasteiger partial charge in [0.25, 0.3) is 0 Å².